The first-order valence-electron chi connectivity index (χ1n) is 18.5. The van der Waals surface area contributed by atoms with Gasteiger partial charge in [0.1, 0.15) is 34.5 Å². The van der Waals surface area contributed by atoms with E-state index in [0.717, 1.165) is 46.2 Å². The van der Waals surface area contributed by atoms with Gasteiger partial charge in [-0.05, 0) is 98.7 Å². The number of phenolic OH excluding ortho intramolecular Hbond substituents is 4. The Morgan fingerprint density at radius 1 is 0.574 bits per heavy atom. The number of nitrogens with two attached hydrogens (primary N) is 1. The number of aryl methyl sites for hydroxylation is 1. The van der Waals surface area contributed by atoms with E-state index in [9.17, 15) is 20.4 Å². The number of benzene rings is 6. The van der Waals surface area contributed by atoms with Gasteiger partial charge in [-0.1, -0.05) is 36.4 Å². The van der Waals surface area contributed by atoms with Gasteiger partial charge in [0.2, 0.25) is 0 Å². The highest BCUT2D eigenvalue weighted by Gasteiger charge is 2.30. The highest BCUT2D eigenvalue weighted by atomic mass is 16.5. The van der Waals surface area contributed by atoms with Crippen LogP contribution in [0.3, 0.4) is 0 Å². The number of nitrogens with one attached hydrogen (secondary N) is 2. The molecular formula is C45H47N3O6. The molecule has 0 fully saturated rings. The third-order valence-corrected chi connectivity index (χ3v) is 11.6. The van der Waals surface area contributed by atoms with Crippen LogP contribution in [0.5, 0.6) is 34.5 Å². The molecule has 6 aromatic carbocycles. The quantitative estimate of drug-likeness (QED) is 0.0865. The summed E-state index contributed by atoms with van der Waals surface area (Å²) in [7, 11) is 3.07. The number of aromatic hydroxyl groups is 4. The summed E-state index contributed by atoms with van der Waals surface area (Å²) in [4.78, 5) is 0. The molecule has 2 unspecified atom stereocenters. The summed E-state index contributed by atoms with van der Waals surface area (Å²) in [5.74, 6) is 0.980. The van der Waals surface area contributed by atoms with Crippen LogP contribution in [-0.4, -0.2) is 46.7 Å². The van der Waals surface area contributed by atoms with Crippen molar-refractivity contribution in [3.05, 3.63) is 88.5 Å². The lowest BCUT2D eigenvalue weighted by Crippen LogP contribution is -2.36. The summed E-state index contributed by atoms with van der Waals surface area (Å²) in [6.07, 6.45) is 1.61. The van der Waals surface area contributed by atoms with E-state index in [0.29, 0.717) is 72.6 Å². The molecule has 278 valence electrons. The predicted molar refractivity (Wildman–Crippen MR) is 216 cm³/mol. The summed E-state index contributed by atoms with van der Waals surface area (Å²) in [6, 6.07) is 19.2. The minimum atomic E-state index is -0.115. The fraction of sp³-hybridized carbons (Fsp3) is 0.289. The molecule has 9 heteroatoms. The van der Waals surface area contributed by atoms with Crippen molar-refractivity contribution in [1.29, 1.82) is 0 Å². The smallest absolute Gasteiger partial charge is 0.135 e. The standard InChI is InChI=1S/C45H47N3O6/c1-20-16-34(53-6)40-29(36(20)31-10-8-25-17-21(2)47-23(4)37(25)44(31)51)14-12-27(42(40)49)28-13-15-30-39(33(46)19-35(54-7)41(30)43(28)50)32-11-9-26-18-22(3)48-24(5)38(26)45(32)52/h8-16,19,21-24,47-52H,17-18,46H2,1-7H3/t21?,22?,23-,24-/m0/s1. The van der Waals surface area contributed by atoms with E-state index in [1.807, 2.05) is 50.2 Å². The molecule has 4 atom stereocenters. The molecule has 9 nitrogen and oxygen atoms in total. The van der Waals surface area contributed by atoms with Crippen LogP contribution in [0.15, 0.2) is 60.7 Å². The summed E-state index contributed by atoms with van der Waals surface area (Å²) >= 11 is 0. The van der Waals surface area contributed by atoms with Crippen LogP contribution in [0.4, 0.5) is 5.69 Å². The maximum absolute atomic E-state index is 12.1. The number of anilines is 1. The lowest BCUT2D eigenvalue weighted by molar-refractivity contribution is 0.410. The number of nitrogen functional groups attached to an aromatic ring is 1. The van der Waals surface area contributed by atoms with E-state index in [2.05, 4.69) is 37.5 Å². The summed E-state index contributed by atoms with van der Waals surface area (Å²) in [6.45, 7) is 10.3. The van der Waals surface area contributed by atoms with Crippen LogP contribution in [0, 0.1) is 6.92 Å². The molecule has 8 rings (SSSR count). The lowest BCUT2D eigenvalue weighted by Gasteiger charge is -2.31. The maximum atomic E-state index is 12.1. The van der Waals surface area contributed by atoms with Crippen molar-refractivity contribution in [3.8, 4) is 67.9 Å². The predicted octanol–water partition coefficient (Wildman–Crippen LogP) is 8.91. The number of hydrogen-bond donors (Lipinski definition) is 7. The third kappa shape index (κ3) is 5.28. The van der Waals surface area contributed by atoms with Crippen molar-refractivity contribution in [2.45, 2.75) is 71.6 Å². The van der Waals surface area contributed by atoms with Crippen molar-refractivity contribution < 1.29 is 29.9 Å². The SMILES string of the molecule is COc1cc(C)c(-c2ccc3c(c2O)[C@H](C)NC(C)C3)c2ccc(-c3ccc4c(-c5ccc6c(c5O)[C@H](C)NC(C)C6)c(N)cc(OC)c4c3O)c(O)c12. The van der Waals surface area contributed by atoms with Crippen molar-refractivity contribution in [1.82, 2.24) is 10.6 Å². The zero-order valence-corrected chi connectivity index (χ0v) is 31.7. The first kappa shape index (κ1) is 35.4. The van der Waals surface area contributed by atoms with E-state index in [1.54, 1.807) is 25.3 Å². The van der Waals surface area contributed by atoms with Gasteiger partial charge in [-0.2, -0.15) is 0 Å². The highest BCUT2D eigenvalue weighted by Crippen LogP contribution is 2.53. The second-order valence-electron chi connectivity index (χ2n) is 15.1. The summed E-state index contributed by atoms with van der Waals surface area (Å²) in [5, 5.41) is 56.9. The third-order valence-electron chi connectivity index (χ3n) is 11.6. The Morgan fingerprint density at radius 2 is 1.00 bits per heavy atom. The van der Waals surface area contributed by atoms with Crippen LogP contribution in [0.1, 0.15) is 67.6 Å². The molecule has 0 spiro atoms. The van der Waals surface area contributed by atoms with E-state index in [-0.39, 0.29) is 41.1 Å². The Morgan fingerprint density at radius 3 is 1.48 bits per heavy atom. The molecule has 0 saturated carbocycles. The molecule has 8 N–H and O–H groups in total. The zero-order chi connectivity index (χ0) is 38.3. The van der Waals surface area contributed by atoms with Crippen LogP contribution in [0.2, 0.25) is 0 Å². The fourth-order valence-corrected chi connectivity index (χ4v) is 9.33. The Labute approximate surface area is 315 Å². The Kier molecular flexibility index (Phi) is 8.54. The van der Waals surface area contributed by atoms with Crippen molar-refractivity contribution in [2.24, 2.45) is 0 Å². The number of fused-ring (bicyclic) bond motifs is 4. The first-order valence-corrected chi connectivity index (χ1v) is 18.5. The number of phenols is 4. The average Bonchev–Trinajstić information content (AvgIpc) is 3.12. The average molecular weight is 726 g/mol. The molecule has 0 saturated heterocycles. The molecule has 2 aliphatic heterocycles. The first-order chi connectivity index (χ1) is 25.8. The molecule has 6 aromatic rings. The molecule has 0 bridgehead atoms. The van der Waals surface area contributed by atoms with Crippen LogP contribution < -0.4 is 25.8 Å². The van der Waals surface area contributed by atoms with Crippen LogP contribution >= 0.6 is 0 Å². The second-order valence-corrected chi connectivity index (χ2v) is 15.1. The number of methoxy groups -OCH3 is 2. The molecule has 2 heterocycles. The summed E-state index contributed by atoms with van der Waals surface area (Å²) < 4.78 is 11.6. The Bertz CT molecular complexity index is 2350. The van der Waals surface area contributed by atoms with Gasteiger partial charge in [0.25, 0.3) is 0 Å². The number of hydrogen-bond acceptors (Lipinski definition) is 9. The molecular weight excluding hydrogens is 679 g/mol. The van der Waals surface area contributed by atoms with Gasteiger partial charge in [0, 0.05) is 74.9 Å². The topological polar surface area (TPSA) is 149 Å². The van der Waals surface area contributed by atoms with Gasteiger partial charge in [-0.15, -0.1) is 0 Å². The van der Waals surface area contributed by atoms with Gasteiger partial charge in [-0.25, -0.2) is 0 Å². The zero-order valence-electron chi connectivity index (χ0n) is 31.7. The Balaban J connectivity index is 1.33. The Hall–Kier alpha value is -5.64. The van der Waals surface area contributed by atoms with E-state index < -0.39 is 0 Å². The second kappa shape index (κ2) is 13.0. The van der Waals surface area contributed by atoms with Gasteiger partial charge >= 0.3 is 0 Å². The molecule has 0 amide bonds. The molecule has 0 aliphatic carbocycles. The van der Waals surface area contributed by atoms with Gasteiger partial charge in [0.15, 0.2) is 0 Å². The normalized spacial score (nSPS) is 19.5. The maximum Gasteiger partial charge on any atom is 0.135 e. The van der Waals surface area contributed by atoms with Crippen molar-refractivity contribution >= 4 is 27.2 Å². The highest BCUT2D eigenvalue weighted by molar-refractivity contribution is 6.13. The van der Waals surface area contributed by atoms with Gasteiger partial charge in [-0.3, -0.25) is 0 Å². The van der Waals surface area contributed by atoms with Crippen LogP contribution in [0.25, 0.3) is 54.9 Å². The largest absolute Gasteiger partial charge is 0.507 e. The van der Waals surface area contributed by atoms with E-state index >= 15 is 0 Å². The summed E-state index contributed by atoms with van der Waals surface area (Å²) in [5.41, 5.74) is 15.2. The monoisotopic (exact) mass is 725 g/mol. The molecule has 54 heavy (non-hydrogen) atoms. The molecule has 0 radical (unpaired) electrons. The lowest BCUT2D eigenvalue weighted by atomic mass is 9.84. The number of ether oxygens (including phenoxy) is 2. The fourth-order valence-electron chi connectivity index (χ4n) is 9.33. The molecule has 2 aliphatic rings. The van der Waals surface area contributed by atoms with Gasteiger partial charge < -0.3 is 46.3 Å². The minimum absolute atomic E-state index is 0.0298. The van der Waals surface area contributed by atoms with Crippen LogP contribution in [-0.2, 0) is 12.8 Å². The molecule has 0 aromatic heterocycles. The minimum Gasteiger partial charge on any atom is -0.507 e. The van der Waals surface area contributed by atoms with Crippen molar-refractivity contribution in [3.63, 3.8) is 0 Å². The van der Waals surface area contributed by atoms with E-state index in [4.69, 9.17) is 15.2 Å². The number of rotatable bonds is 5. The van der Waals surface area contributed by atoms with Gasteiger partial charge in [0.05, 0.1) is 25.0 Å². The van der Waals surface area contributed by atoms with E-state index in [1.165, 1.54) is 7.11 Å². The van der Waals surface area contributed by atoms with Crippen molar-refractivity contribution in [2.75, 3.05) is 20.0 Å².